The summed E-state index contributed by atoms with van der Waals surface area (Å²) >= 11 is 0. The van der Waals surface area contributed by atoms with Gasteiger partial charge >= 0.3 is 0 Å². The molecule has 0 saturated carbocycles. The Labute approximate surface area is 151 Å². The van der Waals surface area contributed by atoms with Crippen molar-refractivity contribution >= 4 is 17.5 Å². The van der Waals surface area contributed by atoms with Crippen molar-refractivity contribution in [3.63, 3.8) is 0 Å². The molecule has 1 N–H and O–H groups in total. The molecule has 3 rings (SSSR count). The number of anilines is 1. The first kappa shape index (κ1) is 17.9. The average Bonchev–Trinajstić information content (AvgIpc) is 3.05. The maximum Gasteiger partial charge on any atom is 0.262 e. The summed E-state index contributed by atoms with van der Waals surface area (Å²) in [6, 6.07) is 7.24. The lowest BCUT2D eigenvalue weighted by atomic mass is 10.1. The van der Waals surface area contributed by atoms with E-state index in [1.54, 1.807) is 25.4 Å². The van der Waals surface area contributed by atoms with Crippen LogP contribution in [0.5, 0.6) is 5.88 Å². The smallest absolute Gasteiger partial charge is 0.262 e. The molecule has 0 bridgehead atoms. The second-order valence-corrected chi connectivity index (χ2v) is 6.05. The normalized spacial score (nSPS) is 14.2. The first-order chi connectivity index (χ1) is 12.6. The number of nitrogens with one attached hydrogen (secondary N) is 1. The van der Waals surface area contributed by atoms with Gasteiger partial charge in [-0.15, -0.1) is 5.10 Å². The average molecular weight is 358 g/mol. The zero-order chi connectivity index (χ0) is 18.5. The van der Waals surface area contributed by atoms with Crippen LogP contribution in [-0.4, -0.2) is 59.9 Å². The molecule has 2 heterocycles. The van der Waals surface area contributed by atoms with Gasteiger partial charge in [0, 0.05) is 32.0 Å². The molecule has 1 saturated heterocycles. The van der Waals surface area contributed by atoms with Crippen LogP contribution >= 0.6 is 0 Å². The van der Waals surface area contributed by atoms with Crippen molar-refractivity contribution in [2.75, 3.05) is 38.7 Å². The van der Waals surface area contributed by atoms with Crippen molar-refractivity contribution in [3.8, 4) is 5.88 Å². The molecule has 1 aromatic heterocycles. The largest absolute Gasteiger partial charge is 0.479 e. The summed E-state index contributed by atoms with van der Waals surface area (Å²) in [5, 5.41) is 6.87. The number of carbonyl (C=O) groups excluding carboxylic acids is 2. The molecule has 1 fully saturated rings. The van der Waals surface area contributed by atoms with Gasteiger partial charge in [0.25, 0.3) is 5.91 Å². The molecule has 0 spiro atoms. The predicted octanol–water partition coefficient (Wildman–Crippen LogP) is 1.08. The van der Waals surface area contributed by atoms with E-state index in [1.807, 2.05) is 17.0 Å². The topological polar surface area (TPSA) is 85.7 Å². The predicted molar refractivity (Wildman–Crippen MR) is 95.3 cm³/mol. The molecule has 1 aromatic carbocycles. The van der Waals surface area contributed by atoms with Crippen molar-refractivity contribution < 1.29 is 19.1 Å². The van der Waals surface area contributed by atoms with Gasteiger partial charge in [-0.25, -0.2) is 0 Å². The molecule has 8 heteroatoms. The summed E-state index contributed by atoms with van der Waals surface area (Å²) in [6.07, 6.45) is 1.94. The molecule has 1 aliphatic rings. The Morgan fingerprint density at radius 1 is 1.23 bits per heavy atom. The lowest BCUT2D eigenvalue weighted by molar-refractivity contribution is -0.134. The lowest BCUT2D eigenvalue weighted by Crippen LogP contribution is -2.41. The molecule has 2 aromatic rings. The van der Waals surface area contributed by atoms with Crippen LogP contribution in [0.2, 0.25) is 0 Å². The van der Waals surface area contributed by atoms with Crippen molar-refractivity contribution in [1.29, 1.82) is 0 Å². The number of aryl methyl sites for hydroxylation is 1. The Morgan fingerprint density at radius 2 is 1.92 bits per heavy atom. The fraction of sp³-hybridized carbons (Fsp3) is 0.389. The first-order valence-corrected chi connectivity index (χ1v) is 8.40. The highest BCUT2D eigenvalue weighted by Crippen LogP contribution is 2.18. The van der Waals surface area contributed by atoms with E-state index in [4.69, 9.17) is 9.47 Å². The van der Waals surface area contributed by atoms with Crippen LogP contribution in [-0.2, 0) is 23.0 Å². The number of rotatable bonds is 5. The highest BCUT2D eigenvalue weighted by atomic mass is 16.5. The Morgan fingerprint density at radius 3 is 2.58 bits per heavy atom. The molecule has 8 nitrogen and oxygen atoms in total. The van der Waals surface area contributed by atoms with Crippen molar-refractivity contribution in [1.82, 2.24) is 14.7 Å². The van der Waals surface area contributed by atoms with Crippen LogP contribution in [0.15, 0.2) is 30.5 Å². The second kappa shape index (κ2) is 8.01. The van der Waals surface area contributed by atoms with Crippen LogP contribution in [0, 0.1) is 0 Å². The first-order valence-electron chi connectivity index (χ1n) is 8.40. The number of nitrogens with zero attached hydrogens (tertiary/aromatic N) is 3. The van der Waals surface area contributed by atoms with E-state index in [2.05, 4.69) is 10.4 Å². The summed E-state index contributed by atoms with van der Waals surface area (Å²) in [7, 11) is 3.19. The van der Waals surface area contributed by atoms with Crippen molar-refractivity contribution in [2.45, 2.75) is 6.42 Å². The SMILES string of the molecule is COc1nn(C)cc1C(=O)Nc1ccc(CC(=O)N2CCOCC2)cc1. The highest BCUT2D eigenvalue weighted by Gasteiger charge is 2.18. The Bertz CT molecular complexity index is 779. The summed E-state index contributed by atoms with van der Waals surface area (Å²) in [6.45, 7) is 2.46. The third-order valence-electron chi connectivity index (χ3n) is 4.16. The minimum absolute atomic E-state index is 0.0881. The summed E-state index contributed by atoms with van der Waals surface area (Å²) in [5.74, 6) is 0.0648. The van der Waals surface area contributed by atoms with Crippen LogP contribution in [0.4, 0.5) is 5.69 Å². The van der Waals surface area contributed by atoms with Gasteiger partial charge in [-0.1, -0.05) is 12.1 Å². The summed E-state index contributed by atoms with van der Waals surface area (Å²) in [5.41, 5.74) is 1.91. The Kier molecular flexibility index (Phi) is 5.52. The quantitative estimate of drug-likeness (QED) is 0.865. The minimum Gasteiger partial charge on any atom is -0.479 e. The van der Waals surface area contributed by atoms with Gasteiger partial charge in [0.2, 0.25) is 11.8 Å². The molecule has 26 heavy (non-hydrogen) atoms. The molecular formula is C18H22N4O4. The third-order valence-corrected chi connectivity index (χ3v) is 4.16. The number of hydrogen-bond donors (Lipinski definition) is 1. The number of methoxy groups -OCH3 is 1. The number of hydrogen-bond acceptors (Lipinski definition) is 5. The van der Waals surface area contributed by atoms with E-state index in [1.165, 1.54) is 11.8 Å². The van der Waals surface area contributed by atoms with Gasteiger partial charge in [-0.2, -0.15) is 0 Å². The monoisotopic (exact) mass is 358 g/mol. The maximum absolute atomic E-state index is 12.4. The second-order valence-electron chi connectivity index (χ2n) is 6.05. The van der Waals surface area contributed by atoms with E-state index < -0.39 is 0 Å². The third kappa shape index (κ3) is 4.20. The number of aromatic nitrogens is 2. The number of morpholine rings is 1. The van der Waals surface area contributed by atoms with Crippen LogP contribution in [0.25, 0.3) is 0 Å². The molecule has 0 atom stereocenters. The summed E-state index contributed by atoms with van der Waals surface area (Å²) in [4.78, 5) is 26.4. The summed E-state index contributed by atoms with van der Waals surface area (Å²) < 4.78 is 11.9. The molecule has 0 unspecified atom stereocenters. The van der Waals surface area contributed by atoms with Crippen LogP contribution in [0.3, 0.4) is 0 Å². The molecule has 2 amide bonds. The van der Waals surface area contributed by atoms with E-state index in [9.17, 15) is 9.59 Å². The van der Waals surface area contributed by atoms with Crippen molar-refractivity contribution in [2.24, 2.45) is 7.05 Å². The van der Waals surface area contributed by atoms with Gasteiger partial charge in [-0.05, 0) is 17.7 Å². The van der Waals surface area contributed by atoms with E-state index >= 15 is 0 Å². The van der Waals surface area contributed by atoms with Crippen LogP contribution in [0.1, 0.15) is 15.9 Å². The zero-order valence-corrected chi connectivity index (χ0v) is 14.9. The van der Waals surface area contributed by atoms with Crippen LogP contribution < -0.4 is 10.1 Å². The van der Waals surface area contributed by atoms with Gasteiger partial charge in [0.05, 0.1) is 26.7 Å². The standard InChI is InChI=1S/C18H22N4O4/c1-21-12-15(18(20-21)25-2)17(24)19-14-5-3-13(4-6-14)11-16(23)22-7-9-26-10-8-22/h3-6,12H,7-11H2,1-2H3,(H,19,24). The molecule has 1 aliphatic heterocycles. The minimum atomic E-state index is -0.299. The van der Waals surface area contributed by atoms with Crippen molar-refractivity contribution in [3.05, 3.63) is 41.6 Å². The maximum atomic E-state index is 12.4. The van der Waals surface area contributed by atoms with E-state index in [0.717, 1.165) is 5.56 Å². The fourth-order valence-electron chi connectivity index (χ4n) is 2.78. The highest BCUT2D eigenvalue weighted by molar-refractivity contribution is 6.05. The molecule has 138 valence electrons. The fourth-order valence-corrected chi connectivity index (χ4v) is 2.78. The number of benzene rings is 1. The number of amides is 2. The van der Waals surface area contributed by atoms with E-state index in [-0.39, 0.29) is 17.7 Å². The Hall–Kier alpha value is -2.87. The van der Waals surface area contributed by atoms with Gasteiger partial charge < -0.3 is 19.7 Å². The van der Waals surface area contributed by atoms with Gasteiger partial charge in [0.1, 0.15) is 5.56 Å². The molecule has 0 aliphatic carbocycles. The Balaban J connectivity index is 1.60. The lowest BCUT2D eigenvalue weighted by Gasteiger charge is -2.26. The van der Waals surface area contributed by atoms with Gasteiger partial charge in [0.15, 0.2) is 0 Å². The molecular weight excluding hydrogens is 336 g/mol. The van der Waals surface area contributed by atoms with Gasteiger partial charge in [-0.3, -0.25) is 14.3 Å². The molecule has 0 radical (unpaired) electrons. The van der Waals surface area contributed by atoms with E-state index in [0.29, 0.717) is 44.0 Å². The zero-order valence-electron chi connectivity index (χ0n) is 14.9. The number of ether oxygens (including phenoxy) is 2. The number of carbonyl (C=O) groups is 2.